The average molecular weight is 372 g/mol. The van der Waals surface area contributed by atoms with Crippen molar-refractivity contribution in [1.82, 2.24) is 20.2 Å². The van der Waals surface area contributed by atoms with Gasteiger partial charge in [-0.1, -0.05) is 0 Å². The molecule has 27 heavy (non-hydrogen) atoms. The van der Waals surface area contributed by atoms with Crippen LogP contribution in [0, 0.1) is 0 Å². The molecule has 1 N–H and O–H groups in total. The molecule has 8 nitrogen and oxygen atoms in total. The van der Waals surface area contributed by atoms with Crippen LogP contribution in [0.1, 0.15) is 49.4 Å². The fourth-order valence-electron chi connectivity index (χ4n) is 3.14. The van der Waals surface area contributed by atoms with E-state index in [2.05, 4.69) is 15.3 Å². The van der Waals surface area contributed by atoms with Crippen LogP contribution in [0.15, 0.2) is 41.5 Å². The van der Waals surface area contributed by atoms with Crippen molar-refractivity contribution < 1.29 is 18.7 Å². The Morgan fingerprint density at radius 2 is 2.00 bits per heavy atom. The summed E-state index contributed by atoms with van der Waals surface area (Å²) >= 11 is 0. The van der Waals surface area contributed by atoms with Gasteiger partial charge in [0.25, 0.3) is 5.91 Å². The fourth-order valence-corrected chi connectivity index (χ4v) is 3.14. The molecule has 0 bridgehead atoms. The lowest BCUT2D eigenvalue weighted by Gasteiger charge is -2.40. The van der Waals surface area contributed by atoms with Gasteiger partial charge in [-0.2, -0.15) is 0 Å². The number of pyridine rings is 1. The van der Waals surface area contributed by atoms with E-state index in [1.807, 2.05) is 20.8 Å². The van der Waals surface area contributed by atoms with Crippen LogP contribution in [-0.4, -0.2) is 51.5 Å². The number of nitrogens with one attached hydrogen (secondary N) is 1. The molecule has 2 atom stereocenters. The largest absolute Gasteiger partial charge is 0.438 e. The van der Waals surface area contributed by atoms with E-state index in [9.17, 15) is 9.59 Å². The minimum atomic E-state index is -0.841. The number of hydrogen-bond acceptors (Lipinski definition) is 6. The molecule has 0 saturated carbocycles. The monoisotopic (exact) mass is 372 g/mol. The zero-order chi connectivity index (χ0) is 19.4. The van der Waals surface area contributed by atoms with Gasteiger partial charge in [-0.3, -0.25) is 14.6 Å². The van der Waals surface area contributed by atoms with Crippen molar-refractivity contribution in [3.63, 3.8) is 0 Å². The molecular formula is C19H24N4O4. The Balaban J connectivity index is 1.99. The number of ether oxygens (including phenoxy) is 1. The second-order valence-electron chi connectivity index (χ2n) is 7.46. The Bertz CT molecular complexity index is 765. The highest BCUT2D eigenvalue weighted by molar-refractivity contribution is 5.96. The Labute approximate surface area is 157 Å². The molecule has 2 aromatic heterocycles. The summed E-state index contributed by atoms with van der Waals surface area (Å²) in [5, 5.41) is 3.01. The molecule has 2 unspecified atom stereocenters. The molecular weight excluding hydrogens is 348 g/mol. The van der Waals surface area contributed by atoms with Crippen LogP contribution in [0.2, 0.25) is 0 Å². The molecule has 2 amide bonds. The zero-order valence-electron chi connectivity index (χ0n) is 15.7. The van der Waals surface area contributed by atoms with Crippen molar-refractivity contribution in [2.24, 2.45) is 0 Å². The summed E-state index contributed by atoms with van der Waals surface area (Å²) in [6.45, 7) is 6.72. The van der Waals surface area contributed by atoms with Gasteiger partial charge < -0.3 is 19.4 Å². The maximum Gasteiger partial charge on any atom is 0.292 e. The molecule has 144 valence electrons. The quantitative estimate of drug-likeness (QED) is 0.862. The first-order chi connectivity index (χ1) is 12.9. The predicted molar refractivity (Wildman–Crippen MR) is 96.8 cm³/mol. The van der Waals surface area contributed by atoms with Crippen LogP contribution in [0.3, 0.4) is 0 Å². The van der Waals surface area contributed by atoms with E-state index in [0.717, 1.165) is 6.42 Å². The van der Waals surface area contributed by atoms with Gasteiger partial charge >= 0.3 is 0 Å². The summed E-state index contributed by atoms with van der Waals surface area (Å²) in [7, 11) is 0. The number of hydrogen-bond donors (Lipinski definition) is 1. The molecule has 2 aromatic rings. The van der Waals surface area contributed by atoms with E-state index in [4.69, 9.17) is 9.15 Å². The van der Waals surface area contributed by atoms with Crippen LogP contribution in [-0.2, 0) is 9.53 Å². The lowest BCUT2D eigenvalue weighted by Crippen LogP contribution is -2.53. The van der Waals surface area contributed by atoms with Crippen molar-refractivity contribution in [1.29, 1.82) is 0 Å². The lowest BCUT2D eigenvalue weighted by atomic mass is 9.96. The molecule has 1 aliphatic heterocycles. The molecule has 8 heteroatoms. The second-order valence-corrected chi connectivity index (χ2v) is 7.46. The molecule has 1 saturated heterocycles. The van der Waals surface area contributed by atoms with E-state index in [-0.39, 0.29) is 17.7 Å². The third-order valence-electron chi connectivity index (χ3n) is 4.39. The SMILES string of the molecule is CC(C)(C)N(C(=O)c1cnco1)C(C(=O)NC1CCOC1)c1ccncc1. The minimum Gasteiger partial charge on any atom is -0.438 e. The average Bonchev–Trinajstić information content (AvgIpc) is 3.32. The van der Waals surface area contributed by atoms with Crippen molar-refractivity contribution in [3.8, 4) is 0 Å². The van der Waals surface area contributed by atoms with Gasteiger partial charge in [-0.25, -0.2) is 4.98 Å². The molecule has 0 spiro atoms. The number of nitrogens with zero attached hydrogens (tertiary/aromatic N) is 3. The first kappa shape index (κ1) is 19.0. The Kier molecular flexibility index (Phi) is 5.55. The third kappa shape index (κ3) is 4.33. The van der Waals surface area contributed by atoms with Crippen molar-refractivity contribution >= 4 is 11.8 Å². The van der Waals surface area contributed by atoms with Gasteiger partial charge in [0.05, 0.1) is 18.8 Å². The number of aromatic nitrogens is 2. The van der Waals surface area contributed by atoms with Crippen molar-refractivity contribution in [2.45, 2.75) is 44.8 Å². The molecule has 0 radical (unpaired) electrons. The topological polar surface area (TPSA) is 97.6 Å². The van der Waals surface area contributed by atoms with E-state index in [0.29, 0.717) is 18.8 Å². The zero-order valence-corrected chi connectivity index (χ0v) is 15.7. The Hall–Kier alpha value is -2.74. The molecule has 3 heterocycles. The lowest BCUT2D eigenvalue weighted by molar-refractivity contribution is -0.128. The second kappa shape index (κ2) is 7.87. The number of carbonyl (C=O) groups excluding carboxylic acids is 2. The highest BCUT2D eigenvalue weighted by atomic mass is 16.5. The summed E-state index contributed by atoms with van der Waals surface area (Å²) in [5.74, 6) is -0.583. The summed E-state index contributed by atoms with van der Waals surface area (Å²) < 4.78 is 10.6. The number of rotatable bonds is 5. The maximum atomic E-state index is 13.2. The van der Waals surface area contributed by atoms with E-state index in [1.165, 1.54) is 17.5 Å². The number of carbonyl (C=O) groups is 2. The summed E-state index contributed by atoms with van der Waals surface area (Å²) in [5.41, 5.74) is 0.0191. The van der Waals surface area contributed by atoms with Crippen molar-refractivity contribution in [2.75, 3.05) is 13.2 Å². The minimum absolute atomic E-state index is 0.0657. The molecule has 0 aromatic carbocycles. The maximum absolute atomic E-state index is 13.2. The molecule has 0 aliphatic carbocycles. The van der Waals surface area contributed by atoms with Gasteiger partial charge in [-0.05, 0) is 44.9 Å². The fraction of sp³-hybridized carbons (Fsp3) is 0.474. The number of oxazole rings is 1. The van der Waals surface area contributed by atoms with E-state index in [1.54, 1.807) is 24.5 Å². The van der Waals surface area contributed by atoms with Crippen LogP contribution in [0.4, 0.5) is 0 Å². The van der Waals surface area contributed by atoms with Gasteiger partial charge in [0.1, 0.15) is 6.04 Å². The van der Waals surface area contributed by atoms with Crippen LogP contribution >= 0.6 is 0 Å². The summed E-state index contributed by atoms with van der Waals surface area (Å²) in [6.07, 6.45) is 6.52. The van der Waals surface area contributed by atoms with Crippen LogP contribution in [0.5, 0.6) is 0 Å². The van der Waals surface area contributed by atoms with Gasteiger partial charge in [0.2, 0.25) is 11.7 Å². The normalized spacial score (nSPS) is 18.1. The Morgan fingerprint density at radius 1 is 1.26 bits per heavy atom. The molecule has 1 fully saturated rings. The number of amides is 2. The highest BCUT2D eigenvalue weighted by Crippen LogP contribution is 2.31. The first-order valence-electron chi connectivity index (χ1n) is 8.88. The van der Waals surface area contributed by atoms with E-state index < -0.39 is 17.5 Å². The predicted octanol–water partition coefficient (Wildman–Crippen LogP) is 1.96. The molecule has 3 rings (SSSR count). The van der Waals surface area contributed by atoms with Gasteiger partial charge in [0, 0.05) is 24.5 Å². The van der Waals surface area contributed by atoms with Crippen LogP contribution in [0.25, 0.3) is 0 Å². The van der Waals surface area contributed by atoms with Crippen molar-refractivity contribution in [3.05, 3.63) is 48.4 Å². The van der Waals surface area contributed by atoms with E-state index >= 15 is 0 Å². The smallest absolute Gasteiger partial charge is 0.292 e. The highest BCUT2D eigenvalue weighted by Gasteiger charge is 2.40. The third-order valence-corrected chi connectivity index (χ3v) is 4.39. The summed E-state index contributed by atoms with van der Waals surface area (Å²) in [4.78, 5) is 35.8. The van der Waals surface area contributed by atoms with Gasteiger partial charge in [0.15, 0.2) is 6.39 Å². The van der Waals surface area contributed by atoms with Gasteiger partial charge in [-0.15, -0.1) is 0 Å². The first-order valence-corrected chi connectivity index (χ1v) is 8.88. The standard InChI is InChI=1S/C19H24N4O4/c1-19(2,3)23(18(25)15-10-21-12-27-15)16(13-4-7-20-8-5-13)17(24)22-14-6-9-26-11-14/h4-5,7-8,10,12,14,16H,6,9,11H2,1-3H3,(H,22,24). The van der Waals surface area contributed by atoms with Crippen LogP contribution < -0.4 is 5.32 Å². The summed E-state index contributed by atoms with van der Waals surface area (Å²) in [6, 6.07) is 2.57. The Morgan fingerprint density at radius 3 is 2.56 bits per heavy atom. The molecule has 1 aliphatic rings.